The Bertz CT molecular complexity index is 484. The van der Waals surface area contributed by atoms with Gasteiger partial charge in [-0.15, -0.1) is 0 Å². The van der Waals surface area contributed by atoms with Gasteiger partial charge >= 0.3 is 0 Å². The van der Waals surface area contributed by atoms with Crippen molar-refractivity contribution < 1.29 is 9.53 Å². The minimum Gasteiger partial charge on any atom is -0.481 e. The lowest BCUT2D eigenvalue weighted by Crippen LogP contribution is -2.42. The number of aryl methyl sites for hydroxylation is 1. The summed E-state index contributed by atoms with van der Waals surface area (Å²) >= 11 is 0. The van der Waals surface area contributed by atoms with Crippen LogP contribution in [0.3, 0.4) is 0 Å². The van der Waals surface area contributed by atoms with E-state index in [1.165, 1.54) is 12.0 Å². The molecule has 1 aliphatic rings. The summed E-state index contributed by atoms with van der Waals surface area (Å²) in [6.07, 6.45) is 3.68. The van der Waals surface area contributed by atoms with Crippen molar-refractivity contribution in [3.8, 4) is 5.75 Å². The Hall–Kier alpha value is -1.71. The molecule has 116 valence electrons. The Kier molecular flexibility index (Phi) is 5.48. The molecule has 21 heavy (non-hydrogen) atoms. The summed E-state index contributed by atoms with van der Waals surface area (Å²) in [5, 5.41) is 6.39. The molecule has 1 amide bonds. The lowest BCUT2D eigenvalue weighted by atomic mass is 10.0. The monoisotopic (exact) mass is 290 g/mol. The van der Waals surface area contributed by atoms with Gasteiger partial charge in [0, 0.05) is 24.3 Å². The summed E-state index contributed by atoms with van der Waals surface area (Å²) in [5.74, 6) is 0.699. The number of benzene rings is 1. The van der Waals surface area contributed by atoms with E-state index in [1.807, 2.05) is 12.1 Å². The summed E-state index contributed by atoms with van der Waals surface area (Å²) in [6, 6.07) is 6.26. The predicted octanol–water partition coefficient (Wildman–Crippen LogP) is 3.12. The third kappa shape index (κ3) is 4.13. The molecule has 0 bridgehead atoms. The van der Waals surface area contributed by atoms with Crippen LogP contribution >= 0.6 is 0 Å². The second-order valence-corrected chi connectivity index (χ2v) is 5.63. The Morgan fingerprint density at radius 2 is 2.14 bits per heavy atom. The molecule has 0 fully saturated rings. The van der Waals surface area contributed by atoms with Crippen LogP contribution in [0.25, 0.3) is 0 Å². The van der Waals surface area contributed by atoms with Gasteiger partial charge in [-0.3, -0.25) is 4.79 Å². The molecular weight excluding hydrogens is 264 g/mol. The molecule has 0 radical (unpaired) electrons. The maximum atomic E-state index is 12.1. The van der Waals surface area contributed by atoms with Crippen LogP contribution in [-0.4, -0.2) is 24.6 Å². The van der Waals surface area contributed by atoms with E-state index in [0.717, 1.165) is 37.2 Å². The number of carbonyl (C=O) groups excluding carboxylic acids is 1. The zero-order valence-electron chi connectivity index (χ0n) is 13.2. The first kappa shape index (κ1) is 15.7. The fraction of sp³-hybridized carbons (Fsp3) is 0.588. The predicted molar refractivity (Wildman–Crippen MR) is 85.9 cm³/mol. The van der Waals surface area contributed by atoms with Crippen LogP contribution in [0.1, 0.15) is 45.6 Å². The minimum atomic E-state index is -0.479. The highest BCUT2D eigenvalue weighted by atomic mass is 16.5. The fourth-order valence-corrected chi connectivity index (χ4v) is 2.58. The smallest absolute Gasteiger partial charge is 0.260 e. The zero-order chi connectivity index (χ0) is 15.2. The average Bonchev–Trinajstić information content (AvgIpc) is 2.52. The third-order valence-corrected chi connectivity index (χ3v) is 4.03. The van der Waals surface area contributed by atoms with Gasteiger partial charge in [0.1, 0.15) is 5.75 Å². The van der Waals surface area contributed by atoms with Gasteiger partial charge < -0.3 is 15.4 Å². The van der Waals surface area contributed by atoms with Crippen molar-refractivity contribution in [1.82, 2.24) is 5.32 Å². The highest BCUT2D eigenvalue weighted by Crippen LogP contribution is 2.27. The maximum Gasteiger partial charge on any atom is 0.260 e. The molecule has 1 unspecified atom stereocenters. The summed E-state index contributed by atoms with van der Waals surface area (Å²) in [7, 11) is 0. The summed E-state index contributed by atoms with van der Waals surface area (Å²) < 4.78 is 5.78. The third-order valence-electron chi connectivity index (χ3n) is 4.03. The number of hydrogen-bond donors (Lipinski definition) is 2. The second kappa shape index (κ2) is 7.34. The molecule has 0 aliphatic carbocycles. The van der Waals surface area contributed by atoms with Crippen molar-refractivity contribution >= 4 is 11.6 Å². The van der Waals surface area contributed by atoms with Gasteiger partial charge in [0.05, 0.1) is 0 Å². The molecule has 0 aromatic heterocycles. The van der Waals surface area contributed by atoms with Crippen molar-refractivity contribution in [3.05, 3.63) is 23.8 Å². The summed E-state index contributed by atoms with van der Waals surface area (Å²) in [4.78, 5) is 12.1. The van der Waals surface area contributed by atoms with Gasteiger partial charge in [-0.05, 0) is 44.2 Å². The Balaban J connectivity index is 1.95. The zero-order valence-corrected chi connectivity index (χ0v) is 13.2. The Morgan fingerprint density at radius 1 is 1.38 bits per heavy atom. The topological polar surface area (TPSA) is 50.4 Å². The highest BCUT2D eigenvalue weighted by Gasteiger charge is 2.18. The number of anilines is 1. The van der Waals surface area contributed by atoms with Gasteiger partial charge in [0.25, 0.3) is 5.91 Å². The van der Waals surface area contributed by atoms with Crippen molar-refractivity contribution in [1.29, 1.82) is 0 Å². The Morgan fingerprint density at radius 3 is 2.86 bits per heavy atom. The van der Waals surface area contributed by atoms with Gasteiger partial charge in [-0.1, -0.05) is 19.9 Å². The number of amides is 1. The molecule has 4 heteroatoms. The maximum absolute atomic E-state index is 12.1. The quantitative estimate of drug-likeness (QED) is 0.846. The standard InChI is InChI=1S/C17H26N2O2/c1-4-14(5-2)19-17(20)12(3)21-15-9-8-13-7-6-10-18-16(13)11-15/h8-9,11-12,14,18H,4-7,10H2,1-3H3,(H,19,20). The van der Waals surface area contributed by atoms with Gasteiger partial charge in [0.2, 0.25) is 0 Å². The minimum absolute atomic E-state index is 0.0469. The van der Waals surface area contributed by atoms with Crippen LogP contribution in [0, 0.1) is 0 Å². The lowest BCUT2D eigenvalue weighted by Gasteiger charge is -2.22. The Labute approximate surface area is 127 Å². The summed E-state index contributed by atoms with van der Waals surface area (Å²) in [5.41, 5.74) is 2.45. The van der Waals surface area contributed by atoms with E-state index < -0.39 is 6.10 Å². The molecule has 1 heterocycles. The van der Waals surface area contributed by atoms with Crippen LogP contribution in [0.5, 0.6) is 5.75 Å². The first-order chi connectivity index (χ1) is 10.1. The van der Waals surface area contributed by atoms with Crippen LogP contribution in [0.2, 0.25) is 0 Å². The first-order valence-electron chi connectivity index (χ1n) is 7.97. The van der Waals surface area contributed by atoms with E-state index in [2.05, 4.69) is 30.5 Å². The fourth-order valence-electron chi connectivity index (χ4n) is 2.58. The molecule has 0 spiro atoms. The van der Waals surface area contributed by atoms with Crippen molar-refractivity contribution in [2.45, 2.75) is 58.6 Å². The number of fused-ring (bicyclic) bond motifs is 1. The van der Waals surface area contributed by atoms with E-state index in [9.17, 15) is 4.79 Å². The normalized spacial score (nSPS) is 15.0. The van der Waals surface area contributed by atoms with E-state index in [0.29, 0.717) is 0 Å². The molecule has 1 aromatic rings. The van der Waals surface area contributed by atoms with Crippen LogP contribution in [0.4, 0.5) is 5.69 Å². The molecule has 4 nitrogen and oxygen atoms in total. The van der Waals surface area contributed by atoms with Crippen molar-refractivity contribution in [2.24, 2.45) is 0 Å². The van der Waals surface area contributed by atoms with Gasteiger partial charge in [0.15, 0.2) is 6.10 Å². The molecule has 2 N–H and O–H groups in total. The van der Waals surface area contributed by atoms with Crippen molar-refractivity contribution in [3.63, 3.8) is 0 Å². The highest BCUT2D eigenvalue weighted by molar-refractivity contribution is 5.81. The molecule has 1 aromatic carbocycles. The van der Waals surface area contributed by atoms with Crippen LogP contribution in [0.15, 0.2) is 18.2 Å². The summed E-state index contributed by atoms with van der Waals surface area (Å²) in [6.45, 7) is 6.95. The van der Waals surface area contributed by atoms with E-state index in [4.69, 9.17) is 4.74 Å². The molecular formula is C17H26N2O2. The van der Waals surface area contributed by atoms with Crippen molar-refractivity contribution in [2.75, 3.05) is 11.9 Å². The molecule has 0 saturated heterocycles. The van der Waals surface area contributed by atoms with Gasteiger partial charge in [-0.25, -0.2) is 0 Å². The molecule has 2 rings (SSSR count). The number of carbonyl (C=O) groups is 1. The first-order valence-corrected chi connectivity index (χ1v) is 7.97. The largest absolute Gasteiger partial charge is 0.481 e. The number of nitrogens with one attached hydrogen (secondary N) is 2. The molecule has 1 atom stereocenters. The average molecular weight is 290 g/mol. The van der Waals surface area contributed by atoms with Gasteiger partial charge in [-0.2, -0.15) is 0 Å². The number of rotatable bonds is 6. The van der Waals surface area contributed by atoms with E-state index >= 15 is 0 Å². The van der Waals surface area contributed by atoms with Crippen LogP contribution in [-0.2, 0) is 11.2 Å². The lowest BCUT2D eigenvalue weighted by molar-refractivity contribution is -0.128. The van der Waals surface area contributed by atoms with E-state index in [-0.39, 0.29) is 11.9 Å². The van der Waals surface area contributed by atoms with E-state index in [1.54, 1.807) is 6.92 Å². The molecule has 0 saturated carbocycles. The number of hydrogen-bond acceptors (Lipinski definition) is 3. The second-order valence-electron chi connectivity index (χ2n) is 5.63. The molecule has 1 aliphatic heterocycles. The number of ether oxygens (including phenoxy) is 1. The van der Waals surface area contributed by atoms with Crippen LogP contribution < -0.4 is 15.4 Å². The SMILES string of the molecule is CCC(CC)NC(=O)C(C)Oc1ccc2c(c1)NCCC2.